The van der Waals surface area contributed by atoms with E-state index < -0.39 is 6.67 Å². The average molecular weight is 205 g/mol. The van der Waals surface area contributed by atoms with Crippen LogP contribution in [0.2, 0.25) is 0 Å². The number of alkyl halides is 2. The second kappa shape index (κ2) is 4.09. The molecule has 0 saturated carbocycles. The summed E-state index contributed by atoms with van der Waals surface area (Å²) in [6, 6.07) is 0. The minimum absolute atomic E-state index is 0.0617. The lowest BCUT2D eigenvalue weighted by molar-refractivity contribution is 0.422. The summed E-state index contributed by atoms with van der Waals surface area (Å²) in [7, 11) is 0. The van der Waals surface area contributed by atoms with E-state index in [4.69, 9.17) is 11.6 Å². The fourth-order valence-corrected chi connectivity index (χ4v) is 1.90. The minimum Gasteiger partial charge on any atom is -0.267 e. The average Bonchev–Trinajstić information content (AvgIpc) is 2.28. The van der Waals surface area contributed by atoms with Gasteiger partial charge in [0.25, 0.3) is 0 Å². The van der Waals surface area contributed by atoms with Crippen molar-refractivity contribution < 1.29 is 4.39 Å². The number of halogens is 2. The topological polar surface area (TPSA) is 17.8 Å². The summed E-state index contributed by atoms with van der Waals surface area (Å²) in [5.74, 6) is 0. The van der Waals surface area contributed by atoms with E-state index in [1.165, 1.54) is 0 Å². The van der Waals surface area contributed by atoms with Crippen LogP contribution in [0.1, 0.15) is 29.3 Å². The Balaban J connectivity index is 3.07. The second-order valence-corrected chi connectivity index (χ2v) is 3.77. The number of hydrogen-bond donors (Lipinski definition) is 0. The van der Waals surface area contributed by atoms with Gasteiger partial charge < -0.3 is 0 Å². The van der Waals surface area contributed by atoms with E-state index in [1.54, 1.807) is 4.68 Å². The molecule has 0 saturated heterocycles. The Morgan fingerprint density at radius 1 is 1.54 bits per heavy atom. The molecule has 1 heterocycles. The number of aryl methyl sites for hydroxylation is 2. The highest BCUT2D eigenvalue weighted by Gasteiger charge is 2.14. The lowest BCUT2D eigenvalue weighted by Crippen LogP contribution is -2.04. The maximum Gasteiger partial charge on any atom is 0.109 e. The summed E-state index contributed by atoms with van der Waals surface area (Å²) >= 11 is 5.98. The van der Waals surface area contributed by atoms with Crippen molar-refractivity contribution in [3.63, 3.8) is 0 Å². The number of hydrogen-bond acceptors (Lipinski definition) is 1. The molecule has 0 amide bonds. The molecule has 0 fully saturated rings. The summed E-state index contributed by atoms with van der Waals surface area (Å²) in [4.78, 5) is 0. The molecule has 13 heavy (non-hydrogen) atoms. The van der Waals surface area contributed by atoms with Gasteiger partial charge in [-0.2, -0.15) is 5.10 Å². The van der Waals surface area contributed by atoms with E-state index in [-0.39, 0.29) is 5.38 Å². The Morgan fingerprint density at radius 3 is 2.54 bits per heavy atom. The summed E-state index contributed by atoms with van der Waals surface area (Å²) in [6.07, 6.45) is 0. The third kappa shape index (κ3) is 2.02. The molecule has 1 atom stereocenters. The highest BCUT2D eigenvalue weighted by atomic mass is 35.5. The molecular weight excluding hydrogens is 191 g/mol. The molecule has 0 aliphatic carbocycles. The number of aromatic nitrogens is 2. The van der Waals surface area contributed by atoms with Gasteiger partial charge in [-0.3, -0.25) is 4.68 Å². The Labute approximate surface area is 82.7 Å². The Kier molecular flexibility index (Phi) is 3.31. The Morgan fingerprint density at radius 2 is 2.15 bits per heavy atom. The zero-order chi connectivity index (χ0) is 10.0. The van der Waals surface area contributed by atoms with Crippen LogP contribution in [-0.4, -0.2) is 16.5 Å². The first-order valence-corrected chi connectivity index (χ1v) is 4.75. The van der Waals surface area contributed by atoms with Crippen molar-refractivity contribution in [3.05, 3.63) is 17.0 Å². The summed E-state index contributed by atoms with van der Waals surface area (Å²) in [6.45, 7) is 5.65. The fraction of sp³-hybridized carbons (Fsp3) is 0.667. The van der Waals surface area contributed by atoms with Crippen molar-refractivity contribution in [1.82, 2.24) is 9.78 Å². The number of rotatable bonds is 3. The van der Waals surface area contributed by atoms with Gasteiger partial charge in [0.05, 0.1) is 17.6 Å². The maximum atomic E-state index is 12.1. The van der Waals surface area contributed by atoms with Crippen LogP contribution in [0.25, 0.3) is 0 Å². The van der Waals surface area contributed by atoms with Gasteiger partial charge in [-0.25, -0.2) is 4.39 Å². The molecule has 0 aliphatic rings. The summed E-state index contributed by atoms with van der Waals surface area (Å²) < 4.78 is 13.8. The molecule has 0 bridgehead atoms. The monoisotopic (exact) mass is 204 g/mol. The molecule has 4 heteroatoms. The smallest absolute Gasteiger partial charge is 0.109 e. The SMILES string of the molecule is Cc1nn(CCF)c(C)c1C(C)Cl. The fourth-order valence-electron chi connectivity index (χ4n) is 1.58. The maximum absolute atomic E-state index is 12.1. The quantitative estimate of drug-likeness (QED) is 0.693. The minimum atomic E-state index is -0.391. The van der Waals surface area contributed by atoms with Crippen molar-refractivity contribution in [2.75, 3.05) is 6.67 Å². The van der Waals surface area contributed by atoms with Crippen LogP contribution < -0.4 is 0 Å². The van der Waals surface area contributed by atoms with Gasteiger partial charge in [0, 0.05) is 11.3 Å². The van der Waals surface area contributed by atoms with Gasteiger partial charge in [0.15, 0.2) is 0 Å². The molecule has 0 aliphatic heterocycles. The summed E-state index contributed by atoms with van der Waals surface area (Å²) in [5, 5.41) is 4.15. The van der Waals surface area contributed by atoms with Crippen molar-refractivity contribution in [1.29, 1.82) is 0 Å². The molecule has 1 rings (SSSR count). The number of nitrogens with zero attached hydrogens (tertiary/aromatic N) is 2. The zero-order valence-corrected chi connectivity index (χ0v) is 8.90. The zero-order valence-electron chi connectivity index (χ0n) is 8.14. The first-order valence-electron chi connectivity index (χ1n) is 4.31. The van der Waals surface area contributed by atoms with Crippen LogP contribution in [0.5, 0.6) is 0 Å². The van der Waals surface area contributed by atoms with Gasteiger partial charge in [-0.15, -0.1) is 11.6 Å². The van der Waals surface area contributed by atoms with Crippen molar-refractivity contribution in [2.45, 2.75) is 32.7 Å². The van der Waals surface area contributed by atoms with Crippen molar-refractivity contribution in [3.8, 4) is 0 Å². The predicted octanol–water partition coefficient (Wildman–Crippen LogP) is 2.77. The third-order valence-corrected chi connectivity index (χ3v) is 2.35. The van der Waals surface area contributed by atoms with Crippen LogP contribution in [0.4, 0.5) is 4.39 Å². The molecule has 1 aromatic heterocycles. The van der Waals surface area contributed by atoms with Crippen LogP contribution in [-0.2, 0) is 6.54 Å². The summed E-state index contributed by atoms with van der Waals surface area (Å²) in [5.41, 5.74) is 2.89. The molecular formula is C9H14ClFN2. The van der Waals surface area contributed by atoms with E-state index in [0.29, 0.717) is 6.54 Å². The standard InChI is InChI=1S/C9H14ClFN2/c1-6(10)9-7(2)12-13(5-4-11)8(9)3/h6H,4-5H2,1-3H3. The largest absolute Gasteiger partial charge is 0.267 e. The van der Waals surface area contributed by atoms with Gasteiger partial charge in [-0.1, -0.05) is 0 Å². The molecule has 2 nitrogen and oxygen atoms in total. The van der Waals surface area contributed by atoms with Crippen molar-refractivity contribution >= 4 is 11.6 Å². The van der Waals surface area contributed by atoms with Gasteiger partial charge >= 0.3 is 0 Å². The van der Waals surface area contributed by atoms with Crippen LogP contribution in [0, 0.1) is 13.8 Å². The second-order valence-electron chi connectivity index (χ2n) is 3.11. The molecule has 74 valence electrons. The normalized spacial score (nSPS) is 13.3. The van der Waals surface area contributed by atoms with E-state index >= 15 is 0 Å². The van der Waals surface area contributed by atoms with Crippen LogP contribution in [0.3, 0.4) is 0 Å². The Hall–Kier alpha value is -0.570. The van der Waals surface area contributed by atoms with Gasteiger partial charge in [0.1, 0.15) is 6.67 Å². The molecule has 1 aromatic rings. The van der Waals surface area contributed by atoms with E-state index in [1.807, 2.05) is 20.8 Å². The molecule has 1 unspecified atom stereocenters. The third-order valence-electron chi connectivity index (χ3n) is 2.13. The predicted molar refractivity (Wildman–Crippen MR) is 51.9 cm³/mol. The molecule has 0 spiro atoms. The highest BCUT2D eigenvalue weighted by Crippen LogP contribution is 2.25. The Bertz CT molecular complexity index is 294. The van der Waals surface area contributed by atoms with Gasteiger partial charge in [-0.05, 0) is 20.8 Å². The highest BCUT2D eigenvalue weighted by molar-refractivity contribution is 6.20. The first-order chi connectivity index (χ1) is 6.07. The van der Waals surface area contributed by atoms with E-state index in [0.717, 1.165) is 17.0 Å². The molecule has 0 N–H and O–H groups in total. The molecule has 0 aromatic carbocycles. The lowest BCUT2D eigenvalue weighted by atomic mass is 10.1. The van der Waals surface area contributed by atoms with E-state index in [2.05, 4.69) is 5.10 Å². The van der Waals surface area contributed by atoms with E-state index in [9.17, 15) is 4.39 Å². The molecule has 0 radical (unpaired) electrons. The van der Waals surface area contributed by atoms with Crippen LogP contribution in [0.15, 0.2) is 0 Å². The van der Waals surface area contributed by atoms with Gasteiger partial charge in [0.2, 0.25) is 0 Å². The van der Waals surface area contributed by atoms with Crippen molar-refractivity contribution in [2.24, 2.45) is 0 Å². The lowest BCUT2D eigenvalue weighted by Gasteiger charge is -2.04. The van der Waals surface area contributed by atoms with Crippen LogP contribution >= 0.6 is 11.6 Å². The first kappa shape index (κ1) is 10.5.